The minimum atomic E-state index is -0.213. The SMILES string of the molecule is CC1(C(=O)NCc2cc(Cl)c3c(c2)OCCCO3)CCCC1. The Balaban J connectivity index is 1.69. The van der Waals surface area contributed by atoms with Crippen molar-refractivity contribution in [3.63, 3.8) is 0 Å². The van der Waals surface area contributed by atoms with Crippen molar-refractivity contribution in [1.82, 2.24) is 5.32 Å². The summed E-state index contributed by atoms with van der Waals surface area (Å²) in [7, 11) is 0. The van der Waals surface area contributed by atoms with Crippen LogP contribution in [0.4, 0.5) is 0 Å². The summed E-state index contributed by atoms with van der Waals surface area (Å²) in [5.74, 6) is 1.41. The zero-order valence-corrected chi connectivity index (χ0v) is 13.7. The fourth-order valence-electron chi connectivity index (χ4n) is 3.16. The highest BCUT2D eigenvalue weighted by Gasteiger charge is 2.35. The van der Waals surface area contributed by atoms with Crippen LogP contribution in [0.5, 0.6) is 11.5 Å². The first-order chi connectivity index (χ1) is 10.6. The highest BCUT2D eigenvalue weighted by molar-refractivity contribution is 6.32. The van der Waals surface area contributed by atoms with E-state index in [1.807, 2.05) is 12.1 Å². The van der Waals surface area contributed by atoms with Gasteiger partial charge in [0.05, 0.1) is 18.2 Å². The molecule has 5 heteroatoms. The molecule has 0 radical (unpaired) electrons. The third kappa shape index (κ3) is 3.17. The molecular weight excluding hydrogens is 302 g/mol. The van der Waals surface area contributed by atoms with Crippen LogP contribution >= 0.6 is 11.6 Å². The minimum Gasteiger partial charge on any atom is -0.489 e. The number of carbonyl (C=O) groups is 1. The van der Waals surface area contributed by atoms with Gasteiger partial charge in [-0.3, -0.25) is 4.79 Å². The summed E-state index contributed by atoms with van der Waals surface area (Å²) in [6.45, 7) is 3.75. The van der Waals surface area contributed by atoms with Gasteiger partial charge in [0.25, 0.3) is 0 Å². The average molecular weight is 324 g/mol. The molecule has 1 aromatic carbocycles. The molecule has 1 aromatic rings. The Labute approximate surface area is 136 Å². The van der Waals surface area contributed by atoms with Gasteiger partial charge in [0.2, 0.25) is 5.91 Å². The van der Waals surface area contributed by atoms with Crippen molar-refractivity contribution < 1.29 is 14.3 Å². The van der Waals surface area contributed by atoms with Crippen LogP contribution in [-0.4, -0.2) is 19.1 Å². The van der Waals surface area contributed by atoms with Crippen LogP contribution in [0.15, 0.2) is 12.1 Å². The number of benzene rings is 1. The Morgan fingerprint density at radius 3 is 2.73 bits per heavy atom. The minimum absolute atomic E-state index is 0.133. The van der Waals surface area contributed by atoms with Crippen molar-refractivity contribution >= 4 is 17.5 Å². The predicted molar refractivity (Wildman–Crippen MR) is 85.5 cm³/mol. The molecule has 0 aromatic heterocycles. The summed E-state index contributed by atoms with van der Waals surface area (Å²) >= 11 is 6.27. The Bertz CT molecular complexity index is 567. The molecule has 0 spiro atoms. The lowest BCUT2D eigenvalue weighted by Crippen LogP contribution is -2.36. The van der Waals surface area contributed by atoms with Gasteiger partial charge in [-0.15, -0.1) is 0 Å². The summed E-state index contributed by atoms with van der Waals surface area (Å²) in [6.07, 6.45) is 5.07. The summed E-state index contributed by atoms with van der Waals surface area (Å²) in [5.41, 5.74) is 0.721. The van der Waals surface area contributed by atoms with E-state index in [4.69, 9.17) is 21.1 Å². The first-order valence-electron chi connectivity index (χ1n) is 7.95. The van der Waals surface area contributed by atoms with Gasteiger partial charge in [0.15, 0.2) is 11.5 Å². The van der Waals surface area contributed by atoms with E-state index in [9.17, 15) is 4.79 Å². The van der Waals surface area contributed by atoms with Gasteiger partial charge in [-0.1, -0.05) is 31.4 Å². The standard InChI is InChI=1S/C17H22ClNO3/c1-17(5-2-3-6-17)16(20)19-11-12-9-13(18)15-14(10-12)21-7-4-8-22-15/h9-10H,2-8,11H2,1H3,(H,19,20). The van der Waals surface area contributed by atoms with Crippen molar-refractivity contribution in [1.29, 1.82) is 0 Å². The van der Waals surface area contributed by atoms with Crippen LogP contribution in [0, 0.1) is 5.41 Å². The summed E-state index contributed by atoms with van der Waals surface area (Å²) < 4.78 is 11.3. The molecule has 1 aliphatic carbocycles. The first kappa shape index (κ1) is 15.5. The van der Waals surface area contributed by atoms with Crippen molar-refractivity contribution in [2.45, 2.75) is 45.6 Å². The van der Waals surface area contributed by atoms with Crippen molar-refractivity contribution in [2.75, 3.05) is 13.2 Å². The molecule has 1 heterocycles. The molecule has 0 atom stereocenters. The number of rotatable bonds is 3. The van der Waals surface area contributed by atoms with Crippen molar-refractivity contribution in [2.24, 2.45) is 5.41 Å². The number of hydrogen-bond acceptors (Lipinski definition) is 3. The Hall–Kier alpha value is -1.42. The van der Waals surface area contributed by atoms with E-state index < -0.39 is 0 Å². The molecule has 0 unspecified atom stereocenters. The lowest BCUT2D eigenvalue weighted by atomic mass is 9.88. The van der Waals surface area contributed by atoms with Crippen molar-refractivity contribution in [3.8, 4) is 11.5 Å². The second-order valence-corrected chi connectivity index (χ2v) is 6.81. The number of nitrogens with one attached hydrogen (secondary N) is 1. The van der Waals surface area contributed by atoms with E-state index in [2.05, 4.69) is 12.2 Å². The fraction of sp³-hybridized carbons (Fsp3) is 0.588. The fourth-order valence-corrected chi connectivity index (χ4v) is 3.45. The number of amides is 1. The van der Waals surface area contributed by atoms with Gasteiger partial charge in [0, 0.05) is 18.4 Å². The van der Waals surface area contributed by atoms with E-state index in [0.29, 0.717) is 36.3 Å². The summed E-state index contributed by atoms with van der Waals surface area (Å²) in [4.78, 5) is 12.4. The largest absolute Gasteiger partial charge is 0.489 e. The van der Waals surface area contributed by atoms with Gasteiger partial charge in [0.1, 0.15) is 0 Å². The number of hydrogen-bond donors (Lipinski definition) is 1. The second-order valence-electron chi connectivity index (χ2n) is 6.41. The zero-order chi connectivity index (χ0) is 15.6. The van der Waals surface area contributed by atoms with E-state index in [-0.39, 0.29) is 11.3 Å². The second kappa shape index (κ2) is 6.37. The lowest BCUT2D eigenvalue weighted by molar-refractivity contribution is -0.130. The van der Waals surface area contributed by atoms with Gasteiger partial charge >= 0.3 is 0 Å². The number of fused-ring (bicyclic) bond motifs is 1. The highest BCUT2D eigenvalue weighted by Crippen LogP contribution is 2.39. The molecular formula is C17H22ClNO3. The monoisotopic (exact) mass is 323 g/mol. The van der Waals surface area contributed by atoms with Gasteiger partial charge < -0.3 is 14.8 Å². The van der Waals surface area contributed by atoms with Gasteiger partial charge in [-0.05, 0) is 30.5 Å². The third-order valence-corrected chi connectivity index (χ3v) is 4.85. The third-order valence-electron chi connectivity index (χ3n) is 4.57. The quantitative estimate of drug-likeness (QED) is 0.922. The normalized spacial score (nSPS) is 19.5. The molecule has 2 aliphatic rings. The average Bonchev–Trinajstić information content (AvgIpc) is 2.81. The molecule has 1 fully saturated rings. The van der Waals surface area contributed by atoms with Crippen molar-refractivity contribution in [3.05, 3.63) is 22.7 Å². The number of ether oxygens (including phenoxy) is 2. The van der Waals surface area contributed by atoms with Crippen LogP contribution in [0.25, 0.3) is 0 Å². The van der Waals surface area contributed by atoms with Crippen LogP contribution in [0.3, 0.4) is 0 Å². The zero-order valence-electron chi connectivity index (χ0n) is 12.9. The Morgan fingerprint density at radius 1 is 1.23 bits per heavy atom. The summed E-state index contributed by atoms with van der Waals surface area (Å²) in [6, 6.07) is 3.75. The lowest BCUT2D eigenvalue weighted by Gasteiger charge is -2.22. The van der Waals surface area contributed by atoms with E-state index >= 15 is 0 Å². The first-order valence-corrected chi connectivity index (χ1v) is 8.33. The predicted octanol–water partition coefficient (Wildman–Crippen LogP) is 3.70. The molecule has 1 aliphatic heterocycles. The molecule has 1 amide bonds. The maximum Gasteiger partial charge on any atom is 0.226 e. The maximum atomic E-state index is 12.4. The van der Waals surface area contributed by atoms with E-state index in [1.54, 1.807) is 0 Å². The molecule has 22 heavy (non-hydrogen) atoms. The van der Waals surface area contributed by atoms with E-state index in [0.717, 1.165) is 37.7 Å². The van der Waals surface area contributed by atoms with E-state index in [1.165, 1.54) is 0 Å². The molecule has 120 valence electrons. The van der Waals surface area contributed by atoms with Crippen LogP contribution < -0.4 is 14.8 Å². The van der Waals surface area contributed by atoms with Crippen LogP contribution in [0.1, 0.15) is 44.6 Å². The Kier molecular flexibility index (Phi) is 4.48. The molecule has 0 saturated heterocycles. The number of carbonyl (C=O) groups excluding carboxylic acids is 1. The highest BCUT2D eigenvalue weighted by atomic mass is 35.5. The molecule has 4 nitrogen and oxygen atoms in total. The van der Waals surface area contributed by atoms with Gasteiger partial charge in [-0.2, -0.15) is 0 Å². The molecule has 1 N–H and O–H groups in total. The summed E-state index contributed by atoms with van der Waals surface area (Å²) in [5, 5.41) is 3.57. The maximum absolute atomic E-state index is 12.4. The number of halogens is 1. The van der Waals surface area contributed by atoms with Crippen LogP contribution in [-0.2, 0) is 11.3 Å². The topological polar surface area (TPSA) is 47.6 Å². The Morgan fingerprint density at radius 2 is 1.95 bits per heavy atom. The van der Waals surface area contributed by atoms with Gasteiger partial charge in [-0.25, -0.2) is 0 Å². The molecule has 0 bridgehead atoms. The molecule has 1 saturated carbocycles. The molecule has 3 rings (SSSR count). The van der Waals surface area contributed by atoms with Crippen LogP contribution in [0.2, 0.25) is 5.02 Å². The smallest absolute Gasteiger partial charge is 0.226 e.